The highest BCUT2D eigenvalue weighted by Crippen LogP contribution is 2.16. The summed E-state index contributed by atoms with van der Waals surface area (Å²) < 4.78 is 11.1. The summed E-state index contributed by atoms with van der Waals surface area (Å²) in [5.74, 6) is 1.29. The van der Waals surface area contributed by atoms with Crippen LogP contribution in [0.3, 0.4) is 0 Å². The molecule has 6 heteroatoms. The monoisotopic (exact) mass is 318 g/mol. The van der Waals surface area contributed by atoms with Crippen LogP contribution in [0.25, 0.3) is 0 Å². The van der Waals surface area contributed by atoms with E-state index in [0.717, 1.165) is 31.7 Å². The first-order valence-corrected chi connectivity index (χ1v) is 8.55. The van der Waals surface area contributed by atoms with Gasteiger partial charge in [-0.3, -0.25) is 0 Å². The van der Waals surface area contributed by atoms with E-state index in [-0.39, 0.29) is 6.10 Å². The van der Waals surface area contributed by atoms with Crippen LogP contribution in [-0.4, -0.2) is 48.3 Å². The summed E-state index contributed by atoms with van der Waals surface area (Å²) in [6.07, 6.45) is 7.78. The minimum Gasteiger partial charge on any atom is -0.472 e. The van der Waals surface area contributed by atoms with Gasteiger partial charge in [0.05, 0.1) is 19.8 Å². The molecule has 3 heterocycles. The summed E-state index contributed by atoms with van der Waals surface area (Å²) in [6.45, 7) is 4.00. The first-order valence-electron chi connectivity index (χ1n) is 8.55. The Bertz CT molecular complexity index is 521. The zero-order chi connectivity index (χ0) is 15.9. The molecule has 0 aromatic carbocycles. The fourth-order valence-corrected chi connectivity index (χ4v) is 2.96. The van der Waals surface area contributed by atoms with E-state index in [1.807, 2.05) is 12.1 Å². The number of guanidine groups is 1. The third kappa shape index (κ3) is 4.82. The van der Waals surface area contributed by atoms with Crippen molar-refractivity contribution in [1.29, 1.82) is 0 Å². The molecule has 6 nitrogen and oxygen atoms in total. The summed E-state index contributed by atoms with van der Waals surface area (Å²) in [5.41, 5.74) is 7.21. The van der Waals surface area contributed by atoms with Gasteiger partial charge in [0.25, 0.3) is 0 Å². The van der Waals surface area contributed by atoms with Crippen molar-refractivity contribution in [3.8, 4) is 5.88 Å². The van der Waals surface area contributed by atoms with Crippen molar-refractivity contribution in [2.75, 3.05) is 26.3 Å². The second kappa shape index (κ2) is 8.15. The van der Waals surface area contributed by atoms with Crippen molar-refractivity contribution in [3.05, 3.63) is 23.9 Å². The molecule has 1 aromatic rings. The average molecular weight is 318 g/mol. The maximum Gasteiger partial charge on any atom is 0.213 e. The second-order valence-corrected chi connectivity index (χ2v) is 6.18. The molecule has 2 N–H and O–H groups in total. The maximum atomic E-state index is 6.15. The van der Waals surface area contributed by atoms with Crippen LogP contribution in [0.1, 0.15) is 37.7 Å². The van der Waals surface area contributed by atoms with Crippen molar-refractivity contribution in [2.45, 2.75) is 44.8 Å². The summed E-state index contributed by atoms with van der Waals surface area (Å²) in [4.78, 5) is 11.0. The van der Waals surface area contributed by atoms with Crippen molar-refractivity contribution in [2.24, 2.45) is 10.7 Å². The number of hydrogen-bond acceptors (Lipinski definition) is 4. The molecule has 0 amide bonds. The Morgan fingerprint density at radius 3 is 2.91 bits per heavy atom. The third-order valence-corrected chi connectivity index (χ3v) is 4.33. The Morgan fingerprint density at radius 1 is 1.35 bits per heavy atom. The average Bonchev–Trinajstić information content (AvgIpc) is 2.92. The normalized spacial score (nSPS) is 22.9. The van der Waals surface area contributed by atoms with Crippen LogP contribution in [0.5, 0.6) is 5.88 Å². The van der Waals surface area contributed by atoms with Gasteiger partial charge in [-0.2, -0.15) is 0 Å². The van der Waals surface area contributed by atoms with E-state index in [0.29, 0.717) is 25.0 Å². The van der Waals surface area contributed by atoms with Crippen LogP contribution in [-0.2, 0) is 11.3 Å². The van der Waals surface area contributed by atoms with Crippen LogP contribution >= 0.6 is 0 Å². The molecule has 0 saturated carbocycles. The lowest BCUT2D eigenvalue weighted by atomic mass is 10.2. The van der Waals surface area contributed by atoms with Gasteiger partial charge in [0.1, 0.15) is 6.10 Å². The Labute approximate surface area is 137 Å². The highest BCUT2D eigenvalue weighted by atomic mass is 16.5. The molecule has 3 rings (SSSR count). The highest BCUT2D eigenvalue weighted by Gasteiger charge is 2.17. The van der Waals surface area contributed by atoms with Crippen LogP contribution in [0.15, 0.2) is 23.3 Å². The number of hydrogen-bond donors (Lipinski definition) is 1. The standard InChI is InChI=1S/C17H26N4O2/c18-17(21-8-3-1-2-4-9-21)20-12-14-5-7-19-16(11-14)23-15-6-10-22-13-15/h5,7,11,15H,1-4,6,8-10,12-13H2,(H2,18,20)/t15-/m0/s1. The molecule has 0 aliphatic carbocycles. The molecule has 2 aliphatic rings. The van der Waals surface area contributed by atoms with Gasteiger partial charge in [-0.15, -0.1) is 0 Å². The van der Waals surface area contributed by atoms with Gasteiger partial charge in [0.15, 0.2) is 5.96 Å². The van der Waals surface area contributed by atoms with E-state index >= 15 is 0 Å². The highest BCUT2D eigenvalue weighted by molar-refractivity contribution is 5.78. The van der Waals surface area contributed by atoms with Crippen LogP contribution < -0.4 is 10.5 Å². The van der Waals surface area contributed by atoms with Crippen molar-refractivity contribution >= 4 is 5.96 Å². The number of nitrogens with zero attached hydrogens (tertiary/aromatic N) is 3. The molecule has 2 fully saturated rings. The Kier molecular flexibility index (Phi) is 5.69. The molecule has 23 heavy (non-hydrogen) atoms. The van der Waals surface area contributed by atoms with E-state index in [1.54, 1.807) is 6.20 Å². The van der Waals surface area contributed by atoms with Gasteiger partial charge in [0, 0.05) is 31.8 Å². The van der Waals surface area contributed by atoms with Crippen molar-refractivity contribution in [3.63, 3.8) is 0 Å². The molecule has 2 aliphatic heterocycles. The van der Waals surface area contributed by atoms with Gasteiger partial charge in [-0.05, 0) is 24.5 Å². The molecule has 0 bridgehead atoms. The predicted octanol–water partition coefficient (Wildman–Crippen LogP) is 1.94. The molecule has 1 atom stereocenters. The lowest BCUT2D eigenvalue weighted by Gasteiger charge is -2.21. The van der Waals surface area contributed by atoms with Crippen molar-refractivity contribution in [1.82, 2.24) is 9.88 Å². The van der Waals surface area contributed by atoms with E-state index in [4.69, 9.17) is 15.2 Å². The zero-order valence-electron chi connectivity index (χ0n) is 13.6. The zero-order valence-corrected chi connectivity index (χ0v) is 13.6. The number of nitrogens with two attached hydrogens (primary N) is 1. The van der Waals surface area contributed by atoms with Gasteiger partial charge < -0.3 is 20.1 Å². The van der Waals surface area contributed by atoms with E-state index in [2.05, 4.69) is 14.9 Å². The van der Waals surface area contributed by atoms with Gasteiger partial charge >= 0.3 is 0 Å². The number of aliphatic imine (C=N–C) groups is 1. The predicted molar refractivity (Wildman–Crippen MR) is 89.5 cm³/mol. The fraction of sp³-hybridized carbons (Fsp3) is 0.647. The number of likely N-dealkylation sites (tertiary alicyclic amines) is 1. The lowest BCUT2D eigenvalue weighted by Crippen LogP contribution is -2.38. The minimum absolute atomic E-state index is 0.114. The molecule has 2 saturated heterocycles. The van der Waals surface area contributed by atoms with E-state index in [1.165, 1.54) is 25.7 Å². The first-order chi connectivity index (χ1) is 11.3. The second-order valence-electron chi connectivity index (χ2n) is 6.18. The Balaban J connectivity index is 1.57. The number of rotatable bonds is 4. The Hall–Kier alpha value is -1.82. The van der Waals surface area contributed by atoms with Crippen LogP contribution in [0.2, 0.25) is 0 Å². The number of ether oxygens (including phenoxy) is 2. The van der Waals surface area contributed by atoms with Crippen molar-refractivity contribution < 1.29 is 9.47 Å². The number of aromatic nitrogens is 1. The molecular formula is C17H26N4O2. The summed E-state index contributed by atoms with van der Waals surface area (Å²) >= 11 is 0. The van der Waals surface area contributed by atoms with Gasteiger partial charge in [-0.25, -0.2) is 9.98 Å². The lowest BCUT2D eigenvalue weighted by molar-refractivity contribution is 0.138. The SMILES string of the molecule is NC(=NCc1ccnc(O[C@H]2CCOC2)c1)N1CCCCCC1. The maximum absolute atomic E-state index is 6.15. The molecule has 126 valence electrons. The topological polar surface area (TPSA) is 73.0 Å². The smallest absolute Gasteiger partial charge is 0.213 e. The van der Waals surface area contributed by atoms with E-state index < -0.39 is 0 Å². The number of pyridine rings is 1. The Morgan fingerprint density at radius 2 is 2.17 bits per heavy atom. The molecular weight excluding hydrogens is 292 g/mol. The third-order valence-electron chi connectivity index (χ3n) is 4.33. The fourth-order valence-electron chi connectivity index (χ4n) is 2.96. The van der Waals surface area contributed by atoms with E-state index in [9.17, 15) is 0 Å². The van der Waals surface area contributed by atoms with Crippen LogP contribution in [0, 0.1) is 0 Å². The summed E-state index contributed by atoms with van der Waals surface area (Å²) in [7, 11) is 0. The molecule has 1 aromatic heterocycles. The summed E-state index contributed by atoms with van der Waals surface area (Å²) in [6, 6.07) is 3.90. The molecule has 0 radical (unpaired) electrons. The molecule has 0 spiro atoms. The first kappa shape index (κ1) is 16.1. The largest absolute Gasteiger partial charge is 0.472 e. The minimum atomic E-state index is 0.114. The van der Waals surface area contributed by atoms with Gasteiger partial charge in [0.2, 0.25) is 5.88 Å². The quantitative estimate of drug-likeness (QED) is 0.678. The van der Waals surface area contributed by atoms with Gasteiger partial charge in [-0.1, -0.05) is 12.8 Å². The molecule has 0 unspecified atom stereocenters. The summed E-state index contributed by atoms with van der Waals surface area (Å²) in [5, 5.41) is 0. The van der Waals surface area contributed by atoms with Crippen LogP contribution in [0.4, 0.5) is 0 Å².